The Hall–Kier alpha value is -2.62. The SMILES string of the molecule is O=c1nc(-c2ccccc2)c2cc(O)ccc2[nH]1. The Kier molecular flexibility index (Phi) is 2.34. The largest absolute Gasteiger partial charge is 0.508 e. The van der Waals surface area contributed by atoms with Crippen molar-refractivity contribution in [1.82, 2.24) is 9.97 Å². The van der Waals surface area contributed by atoms with Gasteiger partial charge >= 0.3 is 5.69 Å². The third kappa shape index (κ3) is 1.73. The number of hydrogen-bond acceptors (Lipinski definition) is 3. The van der Waals surface area contributed by atoms with Gasteiger partial charge in [0.05, 0.1) is 11.2 Å². The van der Waals surface area contributed by atoms with E-state index in [4.69, 9.17) is 0 Å². The number of benzene rings is 2. The molecule has 2 aromatic carbocycles. The van der Waals surface area contributed by atoms with Crippen molar-refractivity contribution in [3.8, 4) is 17.0 Å². The summed E-state index contributed by atoms with van der Waals surface area (Å²) in [5, 5.41) is 10.3. The van der Waals surface area contributed by atoms with Crippen molar-refractivity contribution >= 4 is 10.9 Å². The van der Waals surface area contributed by atoms with E-state index in [1.165, 1.54) is 6.07 Å². The van der Waals surface area contributed by atoms with Crippen LogP contribution in [0.15, 0.2) is 53.3 Å². The van der Waals surface area contributed by atoms with Gasteiger partial charge in [-0.25, -0.2) is 4.79 Å². The molecule has 0 bridgehead atoms. The van der Waals surface area contributed by atoms with Gasteiger partial charge in [0.2, 0.25) is 0 Å². The van der Waals surface area contributed by atoms with Crippen LogP contribution < -0.4 is 5.69 Å². The summed E-state index contributed by atoms with van der Waals surface area (Å²) >= 11 is 0. The number of nitrogens with zero attached hydrogens (tertiary/aromatic N) is 1. The second-order valence-electron chi connectivity index (χ2n) is 3.99. The van der Waals surface area contributed by atoms with Gasteiger partial charge in [-0.05, 0) is 18.2 Å². The number of aromatic nitrogens is 2. The number of fused-ring (bicyclic) bond motifs is 1. The first-order valence-corrected chi connectivity index (χ1v) is 5.52. The second kappa shape index (κ2) is 4.00. The molecule has 2 N–H and O–H groups in total. The number of nitrogens with one attached hydrogen (secondary N) is 1. The van der Waals surface area contributed by atoms with Gasteiger partial charge in [0.25, 0.3) is 0 Å². The number of aromatic hydroxyl groups is 1. The summed E-state index contributed by atoms with van der Waals surface area (Å²) in [5.41, 5.74) is 1.68. The maximum absolute atomic E-state index is 11.5. The lowest BCUT2D eigenvalue weighted by atomic mass is 10.1. The fourth-order valence-electron chi connectivity index (χ4n) is 1.96. The Bertz CT molecular complexity index is 764. The van der Waals surface area contributed by atoms with Crippen LogP contribution in [0.5, 0.6) is 5.75 Å². The molecule has 0 aliphatic rings. The van der Waals surface area contributed by atoms with Gasteiger partial charge in [-0.15, -0.1) is 0 Å². The highest BCUT2D eigenvalue weighted by atomic mass is 16.3. The van der Waals surface area contributed by atoms with E-state index in [-0.39, 0.29) is 5.75 Å². The van der Waals surface area contributed by atoms with E-state index >= 15 is 0 Å². The summed E-state index contributed by atoms with van der Waals surface area (Å²) in [6.45, 7) is 0. The smallest absolute Gasteiger partial charge is 0.345 e. The fraction of sp³-hybridized carbons (Fsp3) is 0. The van der Waals surface area contributed by atoms with E-state index in [9.17, 15) is 9.90 Å². The number of phenolic OH excluding ortho intramolecular Hbond substituents is 1. The number of aromatic amines is 1. The van der Waals surface area contributed by atoms with Gasteiger partial charge in [0.15, 0.2) is 0 Å². The lowest BCUT2D eigenvalue weighted by Crippen LogP contribution is -2.11. The van der Waals surface area contributed by atoms with Crippen LogP contribution in [-0.2, 0) is 0 Å². The Balaban J connectivity index is 2.41. The zero-order chi connectivity index (χ0) is 12.5. The van der Waals surface area contributed by atoms with Crippen LogP contribution in [0.2, 0.25) is 0 Å². The molecule has 0 saturated carbocycles. The highest BCUT2D eigenvalue weighted by Gasteiger charge is 2.07. The first-order chi connectivity index (χ1) is 8.74. The van der Waals surface area contributed by atoms with Crippen LogP contribution in [0.3, 0.4) is 0 Å². The molecule has 4 nitrogen and oxygen atoms in total. The number of phenols is 1. The minimum absolute atomic E-state index is 0.147. The predicted molar refractivity (Wildman–Crippen MR) is 69.5 cm³/mol. The van der Waals surface area contributed by atoms with Gasteiger partial charge < -0.3 is 10.1 Å². The molecule has 3 rings (SSSR count). The van der Waals surface area contributed by atoms with Gasteiger partial charge in [-0.2, -0.15) is 4.98 Å². The Labute approximate surface area is 103 Å². The van der Waals surface area contributed by atoms with Crippen LogP contribution in [0.25, 0.3) is 22.2 Å². The summed E-state index contributed by atoms with van der Waals surface area (Å²) < 4.78 is 0. The van der Waals surface area contributed by atoms with Crippen LogP contribution in [-0.4, -0.2) is 15.1 Å². The second-order valence-corrected chi connectivity index (χ2v) is 3.99. The quantitative estimate of drug-likeness (QED) is 0.683. The molecule has 3 aromatic rings. The molecule has 0 fully saturated rings. The van der Waals surface area contributed by atoms with E-state index in [2.05, 4.69) is 9.97 Å². The monoisotopic (exact) mass is 238 g/mol. The fourth-order valence-corrected chi connectivity index (χ4v) is 1.96. The summed E-state index contributed by atoms with van der Waals surface area (Å²) in [4.78, 5) is 18.2. The van der Waals surface area contributed by atoms with Crippen molar-refractivity contribution < 1.29 is 5.11 Å². The van der Waals surface area contributed by atoms with Gasteiger partial charge in [-0.3, -0.25) is 0 Å². The maximum Gasteiger partial charge on any atom is 0.345 e. The summed E-state index contributed by atoms with van der Waals surface area (Å²) in [6.07, 6.45) is 0. The summed E-state index contributed by atoms with van der Waals surface area (Å²) in [6, 6.07) is 14.2. The topological polar surface area (TPSA) is 66.0 Å². The third-order valence-electron chi connectivity index (χ3n) is 2.76. The Morgan fingerprint density at radius 2 is 1.83 bits per heavy atom. The molecular weight excluding hydrogens is 228 g/mol. The van der Waals surface area contributed by atoms with Gasteiger partial charge in [-0.1, -0.05) is 30.3 Å². The highest BCUT2D eigenvalue weighted by Crippen LogP contribution is 2.26. The predicted octanol–water partition coefficient (Wildman–Crippen LogP) is 2.30. The normalized spacial score (nSPS) is 10.7. The van der Waals surface area contributed by atoms with Crippen molar-refractivity contribution in [2.45, 2.75) is 0 Å². The molecule has 0 atom stereocenters. The van der Waals surface area contributed by atoms with Crippen LogP contribution in [0, 0.1) is 0 Å². The zero-order valence-corrected chi connectivity index (χ0v) is 9.42. The van der Waals surface area contributed by atoms with E-state index in [1.807, 2.05) is 30.3 Å². The molecule has 0 spiro atoms. The Morgan fingerprint density at radius 1 is 1.06 bits per heavy atom. The molecule has 1 heterocycles. The molecule has 0 amide bonds. The van der Waals surface area contributed by atoms with Gasteiger partial charge in [0.1, 0.15) is 5.75 Å². The lowest BCUT2D eigenvalue weighted by Gasteiger charge is -2.05. The van der Waals surface area contributed by atoms with Crippen molar-refractivity contribution in [3.63, 3.8) is 0 Å². The summed E-state index contributed by atoms with van der Waals surface area (Å²) in [5.74, 6) is 0.147. The van der Waals surface area contributed by atoms with E-state index in [0.717, 1.165) is 10.9 Å². The van der Waals surface area contributed by atoms with Crippen molar-refractivity contribution in [2.75, 3.05) is 0 Å². The van der Waals surface area contributed by atoms with E-state index in [0.29, 0.717) is 11.2 Å². The molecule has 4 heteroatoms. The molecule has 18 heavy (non-hydrogen) atoms. The van der Waals surface area contributed by atoms with Crippen LogP contribution >= 0.6 is 0 Å². The number of hydrogen-bond donors (Lipinski definition) is 2. The third-order valence-corrected chi connectivity index (χ3v) is 2.76. The van der Waals surface area contributed by atoms with Crippen LogP contribution in [0.1, 0.15) is 0 Å². The molecule has 0 aliphatic heterocycles. The van der Waals surface area contributed by atoms with Crippen molar-refractivity contribution in [2.24, 2.45) is 0 Å². The highest BCUT2D eigenvalue weighted by molar-refractivity contribution is 5.92. The molecule has 0 radical (unpaired) electrons. The molecule has 0 aliphatic carbocycles. The van der Waals surface area contributed by atoms with Gasteiger partial charge in [0, 0.05) is 10.9 Å². The van der Waals surface area contributed by atoms with Crippen molar-refractivity contribution in [3.05, 3.63) is 59.0 Å². The van der Waals surface area contributed by atoms with Crippen LogP contribution in [0.4, 0.5) is 0 Å². The van der Waals surface area contributed by atoms with Crippen molar-refractivity contribution in [1.29, 1.82) is 0 Å². The zero-order valence-electron chi connectivity index (χ0n) is 9.42. The standard InChI is InChI=1S/C14H10N2O2/c17-10-6-7-12-11(8-10)13(16-14(18)15-12)9-4-2-1-3-5-9/h1-8,17H,(H,15,16,18). The van der Waals surface area contributed by atoms with E-state index < -0.39 is 5.69 Å². The molecule has 88 valence electrons. The lowest BCUT2D eigenvalue weighted by molar-refractivity contribution is 0.476. The average Bonchev–Trinajstić information content (AvgIpc) is 2.39. The van der Waals surface area contributed by atoms with E-state index in [1.54, 1.807) is 12.1 Å². The minimum Gasteiger partial charge on any atom is -0.508 e. The summed E-state index contributed by atoms with van der Waals surface area (Å²) in [7, 11) is 0. The minimum atomic E-state index is -0.396. The maximum atomic E-state index is 11.5. The number of H-pyrrole nitrogens is 1. The Morgan fingerprint density at radius 3 is 2.61 bits per heavy atom. The first kappa shape index (κ1) is 10.5. The molecule has 1 aromatic heterocycles. The molecular formula is C14H10N2O2. The number of rotatable bonds is 1. The first-order valence-electron chi connectivity index (χ1n) is 5.52. The molecule has 0 unspecified atom stereocenters. The average molecular weight is 238 g/mol. The molecule has 0 saturated heterocycles.